The molecule has 2 N–H and O–H groups in total. The molecule has 2 aromatic rings. The molecule has 0 fully saturated rings. The third-order valence-corrected chi connectivity index (χ3v) is 4.42. The zero-order chi connectivity index (χ0) is 13.0. The van der Waals surface area contributed by atoms with E-state index in [1.54, 1.807) is 11.8 Å². The minimum Gasteiger partial charge on any atom is -0.324 e. The molecule has 0 aliphatic carbocycles. The van der Waals surface area contributed by atoms with Gasteiger partial charge in [0.2, 0.25) is 0 Å². The van der Waals surface area contributed by atoms with Crippen LogP contribution in [0.5, 0.6) is 0 Å². The zero-order valence-corrected chi connectivity index (χ0v) is 11.8. The first-order valence-electron chi connectivity index (χ1n) is 5.99. The monoisotopic (exact) mass is 277 g/mol. The summed E-state index contributed by atoms with van der Waals surface area (Å²) < 4.78 is 0. The molecular formula is C15H16ClNS. The lowest BCUT2D eigenvalue weighted by molar-refractivity contribution is 0.685. The van der Waals surface area contributed by atoms with Crippen LogP contribution < -0.4 is 5.73 Å². The van der Waals surface area contributed by atoms with Gasteiger partial charge in [0.15, 0.2) is 0 Å². The third kappa shape index (κ3) is 3.08. The van der Waals surface area contributed by atoms with E-state index in [0.717, 1.165) is 16.3 Å². The van der Waals surface area contributed by atoms with Gasteiger partial charge >= 0.3 is 0 Å². The Labute approximate surface area is 117 Å². The summed E-state index contributed by atoms with van der Waals surface area (Å²) in [5.74, 6) is 0. The summed E-state index contributed by atoms with van der Waals surface area (Å²) in [5, 5.41) is 0.780. The van der Waals surface area contributed by atoms with E-state index in [1.165, 1.54) is 10.5 Å². The van der Waals surface area contributed by atoms with Crippen molar-refractivity contribution in [1.82, 2.24) is 0 Å². The molecule has 1 atom stereocenters. The Balaban J connectivity index is 2.32. The SMILES string of the molecule is CC[C@H](N)c1ccccc1Sc1ccccc1Cl. The summed E-state index contributed by atoms with van der Waals surface area (Å²) in [6, 6.07) is 16.2. The molecule has 0 amide bonds. The first kappa shape index (κ1) is 13.5. The van der Waals surface area contributed by atoms with Crippen LogP contribution in [-0.2, 0) is 0 Å². The lowest BCUT2D eigenvalue weighted by atomic mass is 10.1. The second-order valence-corrected chi connectivity index (χ2v) is 5.58. The zero-order valence-electron chi connectivity index (χ0n) is 10.3. The molecule has 0 aliphatic rings. The van der Waals surface area contributed by atoms with Gasteiger partial charge in [-0.3, -0.25) is 0 Å². The molecule has 0 spiro atoms. The van der Waals surface area contributed by atoms with Gasteiger partial charge in [-0.1, -0.05) is 60.6 Å². The van der Waals surface area contributed by atoms with Crippen molar-refractivity contribution in [1.29, 1.82) is 0 Å². The first-order chi connectivity index (χ1) is 8.72. The summed E-state index contributed by atoms with van der Waals surface area (Å²) in [7, 11) is 0. The maximum atomic E-state index is 6.19. The van der Waals surface area contributed by atoms with Gasteiger partial charge in [0.1, 0.15) is 0 Å². The van der Waals surface area contributed by atoms with E-state index in [0.29, 0.717) is 0 Å². The van der Waals surface area contributed by atoms with Gasteiger partial charge in [0.05, 0.1) is 5.02 Å². The second kappa shape index (κ2) is 6.28. The highest BCUT2D eigenvalue weighted by atomic mass is 35.5. The van der Waals surface area contributed by atoms with Crippen LogP contribution in [0.1, 0.15) is 24.9 Å². The molecule has 0 aromatic heterocycles. The van der Waals surface area contributed by atoms with Gasteiger partial charge in [-0.2, -0.15) is 0 Å². The summed E-state index contributed by atoms with van der Waals surface area (Å²) in [5.41, 5.74) is 7.33. The van der Waals surface area contributed by atoms with Crippen molar-refractivity contribution >= 4 is 23.4 Å². The van der Waals surface area contributed by atoms with Crippen LogP contribution >= 0.6 is 23.4 Å². The largest absolute Gasteiger partial charge is 0.324 e. The fourth-order valence-electron chi connectivity index (χ4n) is 1.75. The highest BCUT2D eigenvalue weighted by Crippen LogP contribution is 2.36. The molecule has 0 saturated carbocycles. The second-order valence-electron chi connectivity index (χ2n) is 4.09. The van der Waals surface area contributed by atoms with E-state index >= 15 is 0 Å². The van der Waals surface area contributed by atoms with Crippen LogP contribution in [0.15, 0.2) is 58.3 Å². The molecule has 18 heavy (non-hydrogen) atoms. The normalized spacial score (nSPS) is 12.4. The molecule has 0 unspecified atom stereocenters. The van der Waals surface area contributed by atoms with Gasteiger partial charge in [0.25, 0.3) is 0 Å². The van der Waals surface area contributed by atoms with E-state index in [4.69, 9.17) is 17.3 Å². The molecule has 0 aliphatic heterocycles. The standard InChI is InChI=1S/C15H16ClNS/c1-2-13(17)11-7-3-5-9-14(11)18-15-10-6-4-8-12(15)16/h3-10,13H,2,17H2,1H3/t13-/m0/s1. The Morgan fingerprint density at radius 1 is 1.06 bits per heavy atom. The summed E-state index contributed by atoms with van der Waals surface area (Å²) in [6.45, 7) is 2.10. The number of nitrogens with two attached hydrogens (primary N) is 1. The first-order valence-corrected chi connectivity index (χ1v) is 7.18. The lowest BCUT2D eigenvalue weighted by Crippen LogP contribution is -2.09. The summed E-state index contributed by atoms with van der Waals surface area (Å²) in [6.07, 6.45) is 0.931. The number of halogens is 1. The molecule has 2 rings (SSSR count). The van der Waals surface area contributed by atoms with Gasteiger partial charge in [-0.15, -0.1) is 0 Å². The minimum atomic E-state index is 0.0798. The fourth-order valence-corrected chi connectivity index (χ4v) is 3.03. The lowest BCUT2D eigenvalue weighted by Gasteiger charge is -2.14. The Morgan fingerprint density at radius 3 is 2.33 bits per heavy atom. The van der Waals surface area contributed by atoms with Gasteiger partial charge < -0.3 is 5.73 Å². The summed E-state index contributed by atoms with van der Waals surface area (Å²) in [4.78, 5) is 2.25. The summed E-state index contributed by atoms with van der Waals surface area (Å²) >= 11 is 7.86. The molecule has 2 aromatic carbocycles. The van der Waals surface area contributed by atoms with Crippen LogP contribution in [-0.4, -0.2) is 0 Å². The van der Waals surface area contributed by atoms with Crippen molar-refractivity contribution < 1.29 is 0 Å². The van der Waals surface area contributed by atoms with E-state index in [-0.39, 0.29) is 6.04 Å². The maximum absolute atomic E-state index is 6.19. The average molecular weight is 278 g/mol. The van der Waals surface area contributed by atoms with Gasteiger partial charge in [-0.05, 0) is 30.2 Å². The van der Waals surface area contributed by atoms with Crippen LogP contribution in [0.3, 0.4) is 0 Å². The van der Waals surface area contributed by atoms with Crippen molar-refractivity contribution in [3.63, 3.8) is 0 Å². The van der Waals surface area contributed by atoms with Crippen molar-refractivity contribution in [2.45, 2.75) is 29.2 Å². The van der Waals surface area contributed by atoms with Crippen molar-refractivity contribution in [2.75, 3.05) is 0 Å². The van der Waals surface area contributed by atoms with Gasteiger partial charge in [0, 0.05) is 15.8 Å². The number of benzene rings is 2. The molecule has 3 heteroatoms. The molecule has 1 nitrogen and oxygen atoms in total. The van der Waals surface area contributed by atoms with Crippen LogP contribution in [0, 0.1) is 0 Å². The maximum Gasteiger partial charge on any atom is 0.0545 e. The van der Waals surface area contributed by atoms with Crippen molar-refractivity contribution in [3.05, 3.63) is 59.1 Å². The van der Waals surface area contributed by atoms with Crippen molar-refractivity contribution in [3.8, 4) is 0 Å². The Hall–Kier alpha value is -0.960. The quantitative estimate of drug-likeness (QED) is 0.860. The Morgan fingerprint density at radius 2 is 1.67 bits per heavy atom. The van der Waals surface area contributed by atoms with Gasteiger partial charge in [-0.25, -0.2) is 0 Å². The molecule has 0 bridgehead atoms. The van der Waals surface area contributed by atoms with Crippen LogP contribution in [0.2, 0.25) is 5.02 Å². The smallest absolute Gasteiger partial charge is 0.0545 e. The molecule has 0 saturated heterocycles. The minimum absolute atomic E-state index is 0.0798. The highest BCUT2D eigenvalue weighted by molar-refractivity contribution is 7.99. The van der Waals surface area contributed by atoms with E-state index in [2.05, 4.69) is 19.1 Å². The predicted molar refractivity (Wildman–Crippen MR) is 79.2 cm³/mol. The third-order valence-electron chi connectivity index (χ3n) is 2.81. The van der Waals surface area contributed by atoms with E-state index < -0.39 is 0 Å². The Kier molecular flexibility index (Phi) is 4.70. The Bertz CT molecular complexity index is 527. The predicted octanol–water partition coefficient (Wildman–Crippen LogP) is 4.90. The fraction of sp³-hybridized carbons (Fsp3) is 0.200. The molecule has 0 radical (unpaired) electrons. The van der Waals surface area contributed by atoms with E-state index in [1.807, 2.05) is 36.4 Å². The molecular weight excluding hydrogens is 262 g/mol. The topological polar surface area (TPSA) is 26.0 Å². The number of rotatable bonds is 4. The van der Waals surface area contributed by atoms with Crippen molar-refractivity contribution in [2.24, 2.45) is 5.73 Å². The van der Waals surface area contributed by atoms with Crippen LogP contribution in [0.4, 0.5) is 0 Å². The number of hydrogen-bond acceptors (Lipinski definition) is 2. The van der Waals surface area contributed by atoms with Crippen LogP contribution in [0.25, 0.3) is 0 Å². The molecule has 94 valence electrons. The average Bonchev–Trinajstić information content (AvgIpc) is 2.41. The molecule has 0 heterocycles. The highest BCUT2D eigenvalue weighted by Gasteiger charge is 2.10. The number of hydrogen-bond donors (Lipinski definition) is 1. The van der Waals surface area contributed by atoms with E-state index in [9.17, 15) is 0 Å².